The monoisotopic (exact) mass is 430 g/mol. The van der Waals surface area contributed by atoms with E-state index in [2.05, 4.69) is 36.2 Å². The maximum atomic E-state index is 13.0. The molecule has 1 amide bonds. The molecule has 0 aliphatic heterocycles. The van der Waals surface area contributed by atoms with Crippen LogP contribution < -0.4 is 5.32 Å². The van der Waals surface area contributed by atoms with E-state index in [9.17, 15) is 4.79 Å². The van der Waals surface area contributed by atoms with Gasteiger partial charge in [-0.2, -0.15) is 0 Å². The van der Waals surface area contributed by atoms with Crippen LogP contribution in [0.15, 0.2) is 89.8 Å². The Bertz CT molecular complexity index is 1120. The Kier molecular flexibility index (Phi) is 5.21. The summed E-state index contributed by atoms with van der Waals surface area (Å²) in [4.78, 5) is 26.1. The number of amides is 1. The molecule has 0 saturated carbocycles. The molecule has 0 bridgehead atoms. The van der Waals surface area contributed by atoms with E-state index in [-0.39, 0.29) is 5.91 Å². The minimum absolute atomic E-state index is 0.279. The fourth-order valence-electron chi connectivity index (χ4n) is 2.76. The molecule has 0 atom stereocenters. The van der Waals surface area contributed by atoms with Gasteiger partial charge in [-0.15, -0.1) is 0 Å². The van der Waals surface area contributed by atoms with Gasteiger partial charge in [0.25, 0.3) is 5.91 Å². The van der Waals surface area contributed by atoms with Crippen LogP contribution in [0, 0.1) is 0 Å². The van der Waals surface area contributed by atoms with Gasteiger partial charge in [0.15, 0.2) is 5.82 Å². The van der Waals surface area contributed by atoms with Gasteiger partial charge in [0.1, 0.15) is 0 Å². The highest BCUT2D eigenvalue weighted by Crippen LogP contribution is 2.26. The molecule has 0 aliphatic carbocycles. The molecular weight excluding hydrogens is 416 g/mol. The van der Waals surface area contributed by atoms with Crippen LogP contribution >= 0.6 is 15.9 Å². The van der Waals surface area contributed by atoms with E-state index in [1.807, 2.05) is 66.7 Å². The Labute approximate surface area is 170 Å². The second-order valence-corrected chi connectivity index (χ2v) is 6.85. The van der Waals surface area contributed by atoms with Crippen LogP contribution in [0.25, 0.3) is 22.6 Å². The van der Waals surface area contributed by atoms with E-state index in [1.165, 1.54) is 0 Å². The SMILES string of the molecule is O=C(Nc1ccccc1Br)c1cnc(-c2ccccc2)nc1-c1ccncc1. The normalized spacial score (nSPS) is 10.5. The van der Waals surface area contributed by atoms with Gasteiger partial charge in [-0.3, -0.25) is 9.78 Å². The highest BCUT2D eigenvalue weighted by atomic mass is 79.9. The smallest absolute Gasteiger partial charge is 0.259 e. The number of anilines is 1. The number of hydrogen-bond donors (Lipinski definition) is 1. The zero-order valence-electron chi connectivity index (χ0n) is 14.7. The lowest BCUT2D eigenvalue weighted by molar-refractivity contribution is 0.102. The number of rotatable bonds is 4. The molecule has 0 radical (unpaired) electrons. The van der Waals surface area contributed by atoms with Crippen molar-refractivity contribution in [2.45, 2.75) is 0 Å². The Hall–Kier alpha value is -3.38. The topological polar surface area (TPSA) is 67.8 Å². The van der Waals surface area contributed by atoms with Gasteiger partial charge in [0.05, 0.1) is 16.9 Å². The van der Waals surface area contributed by atoms with Crippen LogP contribution in [0.4, 0.5) is 5.69 Å². The minimum atomic E-state index is -0.279. The molecule has 0 unspecified atom stereocenters. The maximum Gasteiger partial charge on any atom is 0.259 e. The highest BCUT2D eigenvalue weighted by Gasteiger charge is 2.18. The summed E-state index contributed by atoms with van der Waals surface area (Å²) in [5, 5.41) is 2.91. The number of hydrogen-bond acceptors (Lipinski definition) is 4. The first kappa shape index (κ1) is 18.0. The summed E-state index contributed by atoms with van der Waals surface area (Å²) in [6, 6.07) is 20.8. The van der Waals surface area contributed by atoms with Crippen molar-refractivity contribution >= 4 is 27.5 Å². The molecule has 6 heteroatoms. The van der Waals surface area contributed by atoms with E-state index in [0.717, 1.165) is 15.6 Å². The molecule has 2 aromatic heterocycles. The summed E-state index contributed by atoms with van der Waals surface area (Å²) in [6.45, 7) is 0. The van der Waals surface area contributed by atoms with Gasteiger partial charge in [-0.1, -0.05) is 42.5 Å². The molecule has 4 rings (SSSR count). The third kappa shape index (κ3) is 3.82. The summed E-state index contributed by atoms with van der Waals surface area (Å²) >= 11 is 3.45. The fourth-order valence-corrected chi connectivity index (χ4v) is 3.14. The standard InChI is InChI=1S/C22H15BrN4O/c23-18-8-4-5-9-19(18)26-22(28)17-14-25-21(16-6-2-1-3-7-16)27-20(17)15-10-12-24-13-11-15/h1-14H,(H,26,28). The zero-order chi connectivity index (χ0) is 19.3. The van der Waals surface area contributed by atoms with Crippen molar-refractivity contribution in [3.05, 3.63) is 95.4 Å². The number of aromatic nitrogens is 3. The number of nitrogens with zero attached hydrogens (tertiary/aromatic N) is 3. The molecular formula is C22H15BrN4O. The van der Waals surface area contributed by atoms with Crippen LogP contribution in [-0.4, -0.2) is 20.9 Å². The lowest BCUT2D eigenvalue weighted by Gasteiger charge is -2.12. The first-order valence-corrected chi connectivity index (χ1v) is 9.40. The number of nitrogens with one attached hydrogen (secondary N) is 1. The summed E-state index contributed by atoms with van der Waals surface area (Å²) in [7, 11) is 0. The summed E-state index contributed by atoms with van der Waals surface area (Å²) in [5.41, 5.74) is 3.31. The maximum absolute atomic E-state index is 13.0. The summed E-state index contributed by atoms with van der Waals surface area (Å²) < 4.78 is 0.802. The molecule has 2 heterocycles. The van der Waals surface area contributed by atoms with Gasteiger partial charge >= 0.3 is 0 Å². The molecule has 0 fully saturated rings. The summed E-state index contributed by atoms with van der Waals surface area (Å²) in [6.07, 6.45) is 4.92. The number of halogens is 1. The Balaban J connectivity index is 1.78. The Morgan fingerprint density at radius 1 is 0.857 bits per heavy atom. The highest BCUT2D eigenvalue weighted by molar-refractivity contribution is 9.10. The van der Waals surface area contributed by atoms with Crippen molar-refractivity contribution in [1.29, 1.82) is 0 Å². The van der Waals surface area contributed by atoms with Crippen molar-refractivity contribution in [3.63, 3.8) is 0 Å². The van der Waals surface area contributed by atoms with Gasteiger partial charge < -0.3 is 5.32 Å². The molecule has 136 valence electrons. The van der Waals surface area contributed by atoms with Crippen molar-refractivity contribution in [3.8, 4) is 22.6 Å². The molecule has 28 heavy (non-hydrogen) atoms. The predicted molar refractivity (Wildman–Crippen MR) is 113 cm³/mol. The fraction of sp³-hybridized carbons (Fsp3) is 0. The average Bonchev–Trinajstić information content (AvgIpc) is 2.76. The van der Waals surface area contributed by atoms with Gasteiger partial charge in [0, 0.05) is 34.2 Å². The third-order valence-electron chi connectivity index (χ3n) is 4.14. The van der Waals surface area contributed by atoms with E-state index in [4.69, 9.17) is 0 Å². The largest absolute Gasteiger partial charge is 0.321 e. The molecule has 2 aromatic carbocycles. The Morgan fingerprint density at radius 3 is 2.32 bits per heavy atom. The second kappa shape index (κ2) is 8.10. The quantitative estimate of drug-likeness (QED) is 0.481. The van der Waals surface area contributed by atoms with Gasteiger partial charge in [0.2, 0.25) is 0 Å². The van der Waals surface area contributed by atoms with E-state index in [1.54, 1.807) is 18.6 Å². The number of carbonyl (C=O) groups excluding carboxylic acids is 1. The van der Waals surface area contributed by atoms with E-state index < -0.39 is 0 Å². The third-order valence-corrected chi connectivity index (χ3v) is 4.83. The number of para-hydroxylation sites is 1. The van der Waals surface area contributed by atoms with Crippen LogP contribution in [0.2, 0.25) is 0 Å². The average molecular weight is 431 g/mol. The number of carbonyl (C=O) groups is 1. The second-order valence-electron chi connectivity index (χ2n) is 5.99. The van der Waals surface area contributed by atoms with Gasteiger partial charge in [-0.05, 0) is 40.2 Å². The minimum Gasteiger partial charge on any atom is -0.321 e. The first-order chi connectivity index (χ1) is 13.7. The zero-order valence-corrected chi connectivity index (χ0v) is 16.3. The van der Waals surface area contributed by atoms with Crippen LogP contribution in [-0.2, 0) is 0 Å². The molecule has 4 aromatic rings. The van der Waals surface area contributed by atoms with E-state index in [0.29, 0.717) is 22.8 Å². The van der Waals surface area contributed by atoms with Crippen LogP contribution in [0.3, 0.4) is 0 Å². The lowest BCUT2D eigenvalue weighted by Crippen LogP contribution is -2.15. The predicted octanol–water partition coefficient (Wildman–Crippen LogP) is 5.22. The van der Waals surface area contributed by atoms with Crippen molar-refractivity contribution in [2.24, 2.45) is 0 Å². The van der Waals surface area contributed by atoms with Crippen molar-refractivity contribution in [2.75, 3.05) is 5.32 Å². The lowest BCUT2D eigenvalue weighted by atomic mass is 10.1. The molecule has 0 aliphatic rings. The molecule has 0 saturated heterocycles. The van der Waals surface area contributed by atoms with Crippen LogP contribution in [0.1, 0.15) is 10.4 Å². The molecule has 5 nitrogen and oxygen atoms in total. The number of benzene rings is 2. The van der Waals surface area contributed by atoms with Crippen LogP contribution in [0.5, 0.6) is 0 Å². The Morgan fingerprint density at radius 2 is 1.57 bits per heavy atom. The number of pyridine rings is 1. The van der Waals surface area contributed by atoms with Crippen molar-refractivity contribution < 1.29 is 4.79 Å². The molecule has 1 N–H and O–H groups in total. The summed E-state index contributed by atoms with van der Waals surface area (Å²) in [5.74, 6) is 0.281. The van der Waals surface area contributed by atoms with Crippen molar-refractivity contribution in [1.82, 2.24) is 15.0 Å². The van der Waals surface area contributed by atoms with E-state index >= 15 is 0 Å². The first-order valence-electron chi connectivity index (χ1n) is 8.61. The molecule has 0 spiro atoms. The van der Waals surface area contributed by atoms with Gasteiger partial charge in [-0.25, -0.2) is 9.97 Å².